The van der Waals surface area contributed by atoms with Crippen LogP contribution in [0, 0.1) is 0 Å². The first-order valence-electron chi connectivity index (χ1n) is 4.19. The maximum absolute atomic E-state index is 11.0. The van der Waals surface area contributed by atoms with Crippen molar-refractivity contribution in [1.82, 2.24) is 0 Å². The second kappa shape index (κ2) is 5.27. The van der Waals surface area contributed by atoms with E-state index in [0.717, 1.165) is 12.0 Å². The molecule has 0 saturated carbocycles. The molecule has 0 aromatic carbocycles. The highest BCUT2D eigenvalue weighted by molar-refractivity contribution is 7.96. The number of hydrogen-bond donors (Lipinski definition) is 0. The molecule has 0 unspecified atom stereocenters. The fraction of sp³-hybridized carbons (Fsp3) is 0.778. The molecule has 0 spiro atoms. The molecular formula is C9H16O3S. The van der Waals surface area contributed by atoms with Crippen molar-refractivity contribution < 1.29 is 13.8 Å². The van der Waals surface area contributed by atoms with E-state index in [0.29, 0.717) is 0 Å². The molecule has 0 heterocycles. The van der Waals surface area contributed by atoms with E-state index in [-0.39, 0.29) is 29.3 Å². The molecule has 0 N–H and O–H groups in total. The molecule has 0 radical (unpaired) electrons. The molecule has 0 aliphatic carbocycles. The number of Topliss-reactive ketones (excluding diaryl/α,β-unsaturated/α-hetero) is 1. The van der Waals surface area contributed by atoms with Crippen LogP contribution in [0.3, 0.4) is 0 Å². The Hall–Kier alpha value is -0.510. The number of rotatable bonds is 4. The van der Waals surface area contributed by atoms with Gasteiger partial charge in [0.25, 0.3) is 0 Å². The van der Waals surface area contributed by atoms with Gasteiger partial charge in [0.05, 0.1) is 18.5 Å². The van der Waals surface area contributed by atoms with E-state index in [1.165, 1.54) is 6.92 Å². The maximum Gasteiger partial charge on any atom is 0.318 e. The zero-order valence-electron chi connectivity index (χ0n) is 8.55. The third-order valence-corrected chi connectivity index (χ3v) is 1.84. The van der Waals surface area contributed by atoms with Gasteiger partial charge in [0, 0.05) is 11.2 Å². The van der Waals surface area contributed by atoms with Crippen LogP contribution < -0.4 is 0 Å². The second-order valence-corrected chi connectivity index (χ2v) is 5.41. The Kier molecular flexibility index (Phi) is 5.06. The molecule has 0 fully saturated rings. The lowest BCUT2D eigenvalue weighted by molar-refractivity contribution is -0.134. The topological polar surface area (TPSA) is 43.4 Å². The Balaban J connectivity index is 3.58. The van der Waals surface area contributed by atoms with Crippen LogP contribution in [0.25, 0.3) is 0 Å². The van der Waals surface area contributed by atoms with Gasteiger partial charge in [0.2, 0.25) is 0 Å². The molecule has 0 aliphatic heterocycles. The van der Waals surface area contributed by atoms with Crippen molar-refractivity contribution in [3.05, 3.63) is 0 Å². The minimum absolute atomic E-state index is 0.0118. The SMILES string of the molecule is CC(=O)CCC(=O)OSC(C)(C)C. The first-order chi connectivity index (χ1) is 5.81. The standard InChI is InChI=1S/C9H16O3S/c1-7(10)5-6-8(11)12-13-9(2,3)4/h5-6H2,1-4H3. The van der Waals surface area contributed by atoms with E-state index in [1.807, 2.05) is 20.8 Å². The van der Waals surface area contributed by atoms with Gasteiger partial charge < -0.3 is 8.98 Å². The fourth-order valence-electron chi connectivity index (χ4n) is 0.491. The zero-order chi connectivity index (χ0) is 10.5. The van der Waals surface area contributed by atoms with E-state index >= 15 is 0 Å². The van der Waals surface area contributed by atoms with E-state index in [1.54, 1.807) is 0 Å². The monoisotopic (exact) mass is 204 g/mol. The summed E-state index contributed by atoms with van der Waals surface area (Å²) in [6, 6.07) is 0. The maximum atomic E-state index is 11.0. The third-order valence-electron chi connectivity index (χ3n) is 1.07. The summed E-state index contributed by atoms with van der Waals surface area (Å²) < 4.78 is 4.79. The predicted molar refractivity (Wildman–Crippen MR) is 53.4 cm³/mol. The van der Waals surface area contributed by atoms with Crippen LogP contribution in [-0.2, 0) is 13.8 Å². The van der Waals surface area contributed by atoms with E-state index in [9.17, 15) is 9.59 Å². The van der Waals surface area contributed by atoms with Crippen molar-refractivity contribution in [1.29, 1.82) is 0 Å². The van der Waals surface area contributed by atoms with Gasteiger partial charge in [-0.2, -0.15) is 0 Å². The van der Waals surface area contributed by atoms with Crippen LogP contribution in [0.5, 0.6) is 0 Å². The van der Waals surface area contributed by atoms with Crippen LogP contribution >= 0.6 is 12.0 Å². The largest absolute Gasteiger partial charge is 0.391 e. The van der Waals surface area contributed by atoms with Crippen molar-refractivity contribution in [2.24, 2.45) is 0 Å². The van der Waals surface area contributed by atoms with Crippen molar-refractivity contribution in [2.75, 3.05) is 0 Å². The molecule has 0 amide bonds. The van der Waals surface area contributed by atoms with Crippen molar-refractivity contribution in [3.63, 3.8) is 0 Å². The quantitative estimate of drug-likeness (QED) is 0.659. The van der Waals surface area contributed by atoms with Gasteiger partial charge >= 0.3 is 5.97 Å². The molecule has 0 atom stereocenters. The molecular weight excluding hydrogens is 188 g/mol. The third kappa shape index (κ3) is 9.40. The minimum Gasteiger partial charge on any atom is -0.391 e. The fourth-order valence-corrected chi connectivity index (χ4v) is 0.918. The van der Waals surface area contributed by atoms with Crippen LogP contribution in [-0.4, -0.2) is 16.5 Å². The summed E-state index contributed by atoms with van der Waals surface area (Å²) in [5, 5.41) is 0. The summed E-state index contributed by atoms with van der Waals surface area (Å²) in [4.78, 5) is 21.5. The highest BCUT2D eigenvalue weighted by Crippen LogP contribution is 2.24. The van der Waals surface area contributed by atoms with Gasteiger partial charge in [0.1, 0.15) is 5.78 Å². The van der Waals surface area contributed by atoms with Gasteiger partial charge in [-0.1, -0.05) is 0 Å². The first-order valence-corrected chi connectivity index (χ1v) is 4.93. The number of hydrogen-bond acceptors (Lipinski definition) is 4. The molecule has 4 heteroatoms. The average Bonchev–Trinajstić information content (AvgIpc) is 1.95. The Labute approximate surface area is 83.4 Å². The highest BCUT2D eigenvalue weighted by atomic mass is 32.2. The Morgan fingerprint density at radius 1 is 1.23 bits per heavy atom. The lowest BCUT2D eigenvalue weighted by atomic mass is 10.2. The Morgan fingerprint density at radius 3 is 2.15 bits per heavy atom. The van der Waals surface area contributed by atoms with Gasteiger partial charge in [-0.3, -0.25) is 4.79 Å². The highest BCUT2D eigenvalue weighted by Gasteiger charge is 2.15. The molecule has 0 aromatic rings. The number of carbonyl (C=O) groups excluding carboxylic acids is 2. The molecule has 0 aromatic heterocycles. The molecule has 0 rings (SSSR count). The summed E-state index contributed by atoms with van der Waals surface area (Å²) >= 11 is 1.13. The molecule has 0 bridgehead atoms. The van der Waals surface area contributed by atoms with Crippen molar-refractivity contribution in [3.8, 4) is 0 Å². The average molecular weight is 204 g/mol. The van der Waals surface area contributed by atoms with Gasteiger partial charge in [-0.15, -0.1) is 0 Å². The molecule has 76 valence electrons. The van der Waals surface area contributed by atoms with Gasteiger partial charge in [-0.25, -0.2) is 0 Å². The van der Waals surface area contributed by atoms with E-state index < -0.39 is 0 Å². The van der Waals surface area contributed by atoms with Crippen LogP contribution in [0.1, 0.15) is 40.5 Å². The Morgan fingerprint density at radius 2 is 1.77 bits per heavy atom. The zero-order valence-corrected chi connectivity index (χ0v) is 9.36. The lowest BCUT2D eigenvalue weighted by Gasteiger charge is -2.15. The summed E-state index contributed by atoms with van der Waals surface area (Å²) in [5.41, 5.74) is 0. The molecule has 13 heavy (non-hydrogen) atoms. The van der Waals surface area contributed by atoms with Gasteiger partial charge in [0.15, 0.2) is 0 Å². The summed E-state index contributed by atoms with van der Waals surface area (Å²) in [6.45, 7) is 7.33. The van der Waals surface area contributed by atoms with Gasteiger partial charge in [-0.05, 0) is 27.7 Å². The van der Waals surface area contributed by atoms with E-state index in [2.05, 4.69) is 0 Å². The minimum atomic E-state index is -0.324. The van der Waals surface area contributed by atoms with Crippen LogP contribution in [0.4, 0.5) is 0 Å². The first kappa shape index (κ1) is 12.5. The van der Waals surface area contributed by atoms with Crippen LogP contribution in [0.15, 0.2) is 0 Å². The summed E-state index contributed by atoms with van der Waals surface area (Å²) in [6.07, 6.45) is 0.446. The van der Waals surface area contributed by atoms with Crippen LogP contribution in [0.2, 0.25) is 0 Å². The molecule has 0 aliphatic rings. The predicted octanol–water partition coefficient (Wildman–Crippen LogP) is 2.35. The second-order valence-electron chi connectivity index (χ2n) is 3.85. The molecule has 0 saturated heterocycles. The normalized spacial score (nSPS) is 11.1. The summed E-state index contributed by atoms with van der Waals surface area (Å²) in [7, 11) is 0. The summed E-state index contributed by atoms with van der Waals surface area (Å²) in [5.74, 6) is -0.312. The number of ketones is 1. The molecule has 3 nitrogen and oxygen atoms in total. The van der Waals surface area contributed by atoms with Crippen molar-refractivity contribution in [2.45, 2.75) is 45.3 Å². The number of carbonyl (C=O) groups is 2. The smallest absolute Gasteiger partial charge is 0.318 e. The Bertz CT molecular complexity index is 194. The van der Waals surface area contributed by atoms with E-state index in [4.69, 9.17) is 4.18 Å². The lowest BCUT2D eigenvalue weighted by Crippen LogP contribution is -2.11. The van der Waals surface area contributed by atoms with Crippen molar-refractivity contribution >= 4 is 23.8 Å².